The summed E-state index contributed by atoms with van der Waals surface area (Å²) in [6.45, 7) is 4.28. The van der Waals surface area contributed by atoms with Gasteiger partial charge in [-0.05, 0) is 38.5 Å². The van der Waals surface area contributed by atoms with Crippen LogP contribution in [0.15, 0.2) is 0 Å². The first-order valence-corrected chi connectivity index (χ1v) is 9.28. The van der Waals surface area contributed by atoms with Gasteiger partial charge in [0.25, 0.3) is 0 Å². The van der Waals surface area contributed by atoms with E-state index in [2.05, 4.69) is 13.8 Å². The van der Waals surface area contributed by atoms with Gasteiger partial charge in [-0.1, -0.05) is 46.0 Å². The molecule has 22 heavy (non-hydrogen) atoms. The highest BCUT2D eigenvalue weighted by molar-refractivity contribution is 4.80. The van der Waals surface area contributed by atoms with Gasteiger partial charge < -0.3 is 20.1 Å². The molecule has 1 saturated heterocycles. The Kier molecular flexibility index (Phi) is 10.3. The number of rotatable bonds is 12. The smallest absolute Gasteiger partial charge is 0.0838 e. The normalized spacial score (nSPS) is 26.0. The lowest BCUT2D eigenvalue weighted by Gasteiger charge is -2.22. The van der Waals surface area contributed by atoms with E-state index in [-0.39, 0.29) is 12.2 Å². The molecular formula is C18H36O4. The van der Waals surface area contributed by atoms with Crippen molar-refractivity contribution in [3.63, 3.8) is 0 Å². The monoisotopic (exact) mass is 316 g/mol. The molecule has 3 N–H and O–H groups in total. The van der Waals surface area contributed by atoms with E-state index in [1.807, 2.05) is 0 Å². The highest BCUT2D eigenvalue weighted by atomic mass is 16.5. The summed E-state index contributed by atoms with van der Waals surface area (Å²) in [7, 11) is 0. The van der Waals surface area contributed by atoms with Crippen LogP contribution in [0.2, 0.25) is 0 Å². The summed E-state index contributed by atoms with van der Waals surface area (Å²) in [4.78, 5) is 0. The fourth-order valence-corrected chi connectivity index (χ4v) is 3.19. The van der Waals surface area contributed by atoms with Crippen LogP contribution in [0.3, 0.4) is 0 Å². The van der Waals surface area contributed by atoms with Gasteiger partial charge in [0.2, 0.25) is 0 Å². The summed E-state index contributed by atoms with van der Waals surface area (Å²) in [6, 6.07) is 0. The number of hydrogen-bond acceptors (Lipinski definition) is 4. The second-order valence-corrected chi connectivity index (χ2v) is 6.76. The van der Waals surface area contributed by atoms with Crippen molar-refractivity contribution in [2.45, 2.75) is 115 Å². The van der Waals surface area contributed by atoms with Gasteiger partial charge in [0, 0.05) is 0 Å². The van der Waals surface area contributed by atoms with Crippen molar-refractivity contribution >= 4 is 0 Å². The molecule has 4 heteroatoms. The molecule has 0 radical (unpaired) electrons. The number of aliphatic hydroxyl groups excluding tert-OH is 3. The van der Waals surface area contributed by atoms with E-state index >= 15 is 0 Å². The first-order valence-electron chi connectivity index (χ1n) is 9.28. The average molecular weight is 316 g/mol. The van der Waals surface area contributed by atoms with Crippen LogP contribution >= 0.6 is 0 Å². The molecule has 0 bridgehead atoms. The third-order valence-electron chi connectivity index (χ3n) is 4.83. The van der Waals surface area contributed by atoms with E-state index in [9.17, 15) is 15.3 Å². The minimum absolute atomic E-state index is 0.0941. The predicted octanol–water partition coefficient (Wildman–Crippen LogP) is 3.17. The Labute approximate surface area is 135 Å². The van der Waals surface area contributed by atoms with Crippen LogP contribution in [0, 0.1) is 0 Å². The molecule has 0 aromatic rings. The minimum Gasteiger partial charge on any atom is -0.390 e. The van der Waals surface area contributed by atoms with Crippen LogP contribution in [0.1, 0.15) is 84.5 Å². The van der Waals surface area contributed by atoms with Gasteiger partial charge in [-0.25, -0.2) is 0 Å². The number of aliphatic hydroxyl groups is 3. The van der Waals surface area contributed by atoms with Crippen LogP contribution in [0.4, 0.5) is 0 Å². The highest BCUT2D eigenvalue weighted by Crippen LogP contribution is 2.26. The SMILES string of the molecule is CCCCCCCC(O)C(O)CC[C@H](O)[C@@H]1CC[C@@H](CC)O1. The summed E-state index contributed by atoms with van der Waals surface area (Å²) in [5.74, 6) is 0. The fourth-order valence-electron chi connectivity index (χ4n) is 3.19. The molecule has 5 atom stereocenters. The predicted molar refractivity (Wildman–Crippen MR) is 88.8 cm³/mol. The lowest BCUT2D eigenvalue weighted by molar-refractivity contribution is -0.0495. The van der Waals surface area contributed by atoms with Crippen LogP contribution in [0.5, 0.6) is 0 Å². The van der Waals surface area contributed by atoms with E-state index in [1.54, 1.807) is 0 Å². The maximum atomic E-state index is 10.1. The third kappa shape index (κ3) is 7.40. The molecule has 0 spiro atoms. The molecule has 1 fully saturated rings. The van der Waals surface area contributed by atoms with E-state index in [4.69, 9.17) is 4.74 Å². The van der Waals surface area contributed by atoms with Crippen molar-refractivity contribution < 1.29 is 20.1 Å². The van der Waals surface area contributed by atoms with Gasteiger partial charge in [-0.15, -0.1) is 0 Å². The molecule has 132 valence electrons. The van der Waals surface area contributed by atoms with Crippen molar-refractivity contribution in [3.8, 4) is 0 Å². The van der Waals surface area contributed by atoms with Gasteiger partial charge in [0.1, 0.15) is 0 Å². The first-order chi connectivity index (χ1) is 10.6. The molecule has 0 saturated carbocycles. The van der Waals surface area contributed by atoms with Crippen molar-refractivity contribution in [2.24, 2.45) is 0 Å². The van der Waals surface area contributed by atoms with Crippen LogP contribution in [-0.4, -0.2) is 45.8 Å². The van der Waals surface area contributed by atoms with E-state index in [0.29, 0.717) is 19.3 Å². The molecule has 1 heterocycles. The molecule has 1 aliphatic heterocycles. The molecule has 0 aromatic heterocycles. The van der Waals surface area contributed by atoms with Gasteiger partial charge in [0.05, 0.1) is 30.5 Å². The largest absolute Gasteiger partial charge is 0.390 e. The Balaban J connectivity index is 2.12. The molecule has 1 rings (SSSR count). The summed E-state index contributed by atoms with van der Waals surface area (Å²) in [5, 5.41) is 30.1. The lowest BCUT2D eigenvalue weighted by Crippen LogP contribution is -2.31. The average Bonchev–Trinajstić information content (AvgIpc) is 3.01. The third-order valence-corrected chi connectivity index (χ3v) is 4.83. The van der Waals surface area contributed by atoms with Crippen LogP contribution in [-0.2, 0) is 4.74 Å². The second-order valence-electron chi connectivity index (χ2n) is 6.76. The fraction of sp³-hybridized carbons (Fsp3) is 1.00. The molecule has 2 unspecified atom stereocenters. The zero-order valence-corrected chi connectivity index (χ0v) is 14.4. The second kappa shape index (κ2) is 11.4. The van der Waals surface area contributed by atoms with E-state index < -0.39 is 18.3 Å². The number of unbranched alkanes of at least 4 members (excludes halogenated alkanes) is 4. The molecular weight excluding hydrogens is 280 g/mol. The molecule has 0 aromatic carbocycles. The van der Waals surface area contributed by atoms with Crippen molar-refractivity contribution in [3.05, 3.63) is 0 Å². The Hall–Kier alpha value is -0.160. The van der Waals surface area contributed by atoms with Crippen molar-refractivity contribution in [2.75, 3.05) is 0 Å². The number of hydrogen-bond donors (Lipinski definition) is 3. The molecule has 4 nitrogen and oxygen atoms in total. The summed E-state index contributed by atoms with van der Waals surface area (Å²) < 4.78 is 5.77. The Morgan fingerprint density at radius 2 is 1.55 bits per heavy atom. The quantitative estimate of drug-likeness (QED) is 0.484. The zero-order valence-electron chi connectivity index (χ0n) is 14.4. The summed E-state index contributed by atoms with van der Waals surface area (Å²) in [6.07, 6.45) is 8.49. The standard InChI is InChI=1S/C18H36O4/c1-3-5-6-7-8-9-15(19)16(20)11-12-17(21)18-13-10-14(4-2)22-18/h14-21H,3-13H2,1-2H3/t14-,15?,16?,17+,18+/m1/s1. The zero-order chi connectivity index (χ0) is 16.4. The maximum Gasteiger partial charge on any atom is 0.0838 e. The Morgan fingerprint density at radius 3 is 2.18 bits per heavy atom. The summed E-state index contributed by atoms with van der Waals surface area (Å²) in [5.41, 5.74) is 0. The first kappa shape index (κ1) is 19.9. The Morgan fingerprint density at radius 1 is 0.864 bits per heavy atom. The van der Waals surface area contributed by atoms with Crippen molar-refractivity contribution in [1.29, 1.82) is 0 Å². The molecule has 0 aliphatic carbocycles. The van der Waals surface area contributed by atoms with Crippen molar-refractivity contribution in [1.82, 2.24) is 0 Å². The van der Waals surface area contributed by atoms with E-state index in [0.717, 1.165) is 32.1 Å². The molecule has 1 aliphatic rings. The topological polar surface area (TPSA) is 69.9 Å². The van der Waals surface area contributed by atoms with Gasteiger partial charge in [-0.3, -0.25) is 0 Å². The van der Waals surface area contributed by atoms with Gasteiger partial charge in [0.15, 0.2) is 0 Å². The summed E-state index contributed by atoms with van der Waals surface area (Å²) >= 11 is 0. The van der Waals surface area contributed by atoms with Gasteiger partial charge >= 0.3 is 0 Å². The number of ether oxygens (including phenoxy) is 1. The van der Waals surface area contributed by atoms with Crippen LogP contribution < -0.4 is 0 Å². The van der Waals surface area contributed by atoms with Crippen LogP contribution in [0.25, 0.3) is 0 Å². The highest BCUT2D eigenvalue weighted by Gasteiger charge is 2.30. The Bertz CT molecular complexity index is 272. The maximum absolute atomic E-state index is 10.1. The minimum atomic E-state index is -0.732. The van der Waals surface area contributed by atoms with E-state index in [1.165, 1.54) is 19.3 Å². The lowest BCUT2D eigenvalue weighted by atomic mass is 9.98. The molecule has 0 amide bonds. The van der Waals surface area contributed by atoms with Gasteiger partial charge in [-0.2, -0.15) is 0 Å².